The summed E-state index contributed by atoms with van der Waals surface area (Å²) in [7, 11) is 2.10. The lowest BCUT2D eigenvalue weighted by atomic mass is 9.49. The molecule has 4 bridgehead atoms. The van der Waals surface area contributed by atoms with Crippen LogP contribution in [0.25, 0.3) is 0 Å². The molecule has 0 heterocycles. The molecule has 0 unspecified atom stereocenters. The summed E-state index contributed by atoms with van der Waals surface area (Å²) < 4.78 is 0. The minimum Gasteiger partial charge on any atom is -0.375 e. The molecule has 1 N–H and O–H groups in total. The highest BCUT2D eigenvalue weighted by Crippen LogP contribution is 2.63. The molecule has 5 rings (SSSR count). The number of nitrogens with zero attached hydrogens (tertiary/aromatic N) is 1. The Morgan fingerprint density at radius 2 is 1.88 bits per heavy atom. The van der Waals surface area contributed by atoms with E-state index in [1.165, 1.54) is 12.1 Å². The van der Waals surface area contributed by atoms with Gasteiger partial charge in [-0.1, -0.05) is 18.2 Å². The number of hydrogen-bond donors (Lipinski definition) is 1. The molecule has 2 atom stereocenters. The molecule has 4 aliphatic carbocycles. The Labute approximate surface area is 156 Å². The third-order valence-electron chi connectivity index (χ3n) is 6.62. The van der Waals surface area contributed by atoms with Crippen molar-refractivity contribution < 1.29 is 4.79 Å². The molecule has 1 aromatic rings. The lowest BCUT2D eigenvalue weighted by Crippen LogP contribution is -2.58. The Bertz CT molecular complexity index is 618. The molecular formula is C21H29ClN2O. The third kappa shape index (κ3) is 3.40. The molecule has 0 aromatic heterocycles. The highest BCUT2D eigenvalue weighted by atomic mass is 35.5. The van der Waals surface area contributed by atoms with Gasteiger partial charge >= 0.3 is 0 Å². The van der Waals surface area contributed by atoms with Gasteiger partial charge < -0.3 is 10.2 Å². The fourth-order valence-electron chi connectivity index (χ4n) is 5.93. The van der Waals surface area contributed by atoms with Gasteiger partial charge in [0.15, 0.2) is 0 Å². The number of carbonyl (C=O) groups is 1. The van der Waals surface area contributed by atoms with E-state index < -0.39 is 0 Å². The normalized spacial score (nSPS) is 35.6. The molecule has 1 amide bonds. The summed E-state index contributed by atoms with van der Waals surface area (Å²) in [5, 5.41) is 3.24. The van der Waals surface area contributed by atoms with E-state index in [4.69, 9.17) is 11.6 Å². The fourth-order valence-corrected chi connectivity index (χ4v) is 6.63. The maximum absolute atomic E-state index is 13.0. The second-order valence-corrected chi connectivity index (χ2v) is 9.56. The number of hydrogen-bond acceptors (Lipinski definition) is 2. The molecule has 25 heavy (non-hydrogen) atoms. The molecule has 1 aromatic carbocycles. The highest BCUT2D eigenvalue weighted by molar-refractivity contribution is 6.24. The van der Waals surface area contributed by atoms with E-state index in [1.807, 2.05) is 6.07 Å². The fraction of sp³-hybridized carbons (Fsp3) is 0.667. The molecule has 4 heteroatoms. The Kier molecular flexibility index (Phi) is 4.47. The van der Waals surface area contributed by atoms with Crippen molar-refractivity contribution in [3.05, 3.63) is 30.3 Å². The van der Waals surface area contributed by atoms with Crippen LogP contribution in [0.2, 0.25) is 0 Å². The number of benzene rings is 1. The summed E-state index contributed by atoms with van der Waals surface area (Å²) in [6, 6.07) is 10.4. The largest absolute Gasteiger partial charge is 0.375 e. The van der Waals surface area contributed by atoms with Crippen LogP contribution in [0.1, 0.15) is 44.9 Å². The van der Waals surface area contributed by atoms with E-state index in [2.05, 4.69) is 41.5 Å². The van der Waals surface area contributed by atoms with Crippen LogP contribution < -0.4 is 10.2 Å². The van der Waals surface area contributed by atoms with Gasteiger partial charge in [-0.15, -0.1) is 11.6 Å². The summed E-state index contributed by atoms with van der Waals surface area (Å²) in [6.07, 6.45) is 7.53. The van der Waals surface area contributed by atoms with E-state index in [-0.39, 0.29) is 16.2 Å². The molecule has 4 aliphatic rings. The van der Waals surface area contributed by atoms with Crippen molar-refractivity contribution in [1.29, 1.82) is 0 Å². The van der Waals surface area contributed by atoms with Crippen molar-refractivity contribution in [2.45, 2.75) is 49.8 Å². The van der Waals surface area contributed by atoms with E-state index in [0.29, 0.717) is 11.8 Å². The third-order valence-corrected chi connectivity index (χ3v) is 7.07. The minimum absolute atomic E-state index is 0.0883. The Morgan fingerprint density at radius 1 is 1.20 bits per heavy atom. The smallest absolute Gasteiger partial charge is 0.226 e. The van der Waals surface area contributed by atoms with Gasteiger partial charge in [0, 0.05) is 30.7 Å². The molecule has 3 nitrogen and oxygen atoms in total. The average Bonchev–Trinajstić information content (AvgIpc) is 2.57. The minimum atomic E-state index is -0.169. The van der Waals surface area contributed by atoms with Gasteiger partial charge in [-0.25, -0.2) is 0 Å². The zero-order valence-electron chi connectivity index (χ0n) is 15.1. The Morgan fingerprint density at radius 3 is 2.52 bits per heavy atom. The number of alkyl halides is 1. The second kappa shape index (κ2) is 6.50. The van der Waals surface area contributed by atoms with E-state index in [0.717, 1.165) is 51.6 Å². The predicted octanol–water partition coefficient (Wildman–Crippen LogP) is 4.21. The van der Waals surface area contributed by atoms with Crippen LogP contribution in [0.15, 0.2) is 30.3 Å². The molecular weight excluding hydrogens is 332 g/mol. The first kappa shape index (κ1) is 17.2. The highest BCUT2D eigenvalue weighted by Gasteiger charge is 2.59. The number of carbonyl (C=O) groups excluding carboxylic acids is 1. The lowest BCUT2D eigenvalue weighted by Gasteiger charge is -2.59. The van der Waals surface area contributed by atoms with Gasteiger partial charge in [0.1, 0.15) is 0 Å². The van der Waals surface area contributed by atoms with Crippen LogP contribution in [0.4, 0.5) is 5.69 Å². The summed E-state index contributed by atoms with van der Waals surface area (Å²) in [4.78, 5) is 15.1. The van der Waals surface area contributed by atoms with Crippen LogP contribution in [-0.2, 0) is 4.79 Å². The molecule has 0 aliphatic heterocycles. The first-order valence-electron chi connectivity index (χ1n) is 9.72. The van der Waals surface area contributed by atoms with Gasteiger partial charge in [-0.2, -0.15) is 0 Å². The SMILES string of the molecule is CN(CCCNC(=O)C12C[C@H]3C[C@@H](CC(Cl)(C3)C1)C2)c1ccccc1. The quantitative estimate of drug-likeness (QED) is 0.609. The van der Waals surface area contributed by atoms with Gasteiger partial charge in [0.05, 0.1) is 5.41 Å². The summed E-state index contributed by atoms with van der Waals surface area (Å²) in [5.41, 5.74) is 1.05. The average molecular weight is 361 g/mol. The molecule has 0 radical (unpaired) electrons. The van der Waals surface area contributed by atoms with Crippen molar-refractivity contribution in [3.8, 4) is 0 Å². The molecule has 0 saturated heterocycles. The van der Waals surface area contributed by atoms with Crippen LogP contribution in [0.5, 0.6) is 0 Å². The number of anilines is 1. The topological polar surface area (TPSA) is 32.3 Å². The Balaban J connectivity index is 1.28. The molecule has 0 spiro atoms. The van der Waals surface area contributed by atoms with Gasteiger partial charge in [-0.3, -0.25) is 4.79 Å². The van der Waals surface area contributed by atoms with E-state index >= 15 is 0 Å². The Hall–Kier alpha value is -1.22. The molecule has 4 fully saturated rings. The van der Waals surface area contributed by atoms with Crippen LogP contribution in [0.3, 0.4) is 0 Å². The van der Waals surface area contributed by atoms with Crippen molar-refractivity contribution in [2.24, 2.45) is 17.3 Å². The monoisotopic (exact) mass is 360 g/mol. The van der Waals surface area contributed by atoms with Gasteiger partial charge in [-0.05, 0) is 68.9 Å². The molecule has 4 saturated carbocycles. The number of rotatable bonds is 6. The maximum Gasteiger partial charge on any atom is 0.226 e. The number of para-hydroxylation sites is 1. The molecule has 136 valence electrons. The maximum atomic E-state index is 13.0. The zero-order chi connectivity index (χ0) is 17.5. The first-order valence-corrected chi connectivity index (χ1v) is 10.1. The zero-order valence-corrected chi connectivity index (χ0v) is 15.9. The van der Waals surface area contributed by atoms with Crippen molar-refractivity contribution in [3.63, 3.8) is 0 Å². The van der Waals surface area contributed by atoms with E-state index in [1.54, 1.807) is 0 Å². The summed E-state index contributed by atoms with van der Waals surface area (Å²) in [6.45, 7) is 1.70. The van der Waals surface area contributed by atoms with Crippen molar-refractivity contribution in [2.75, 3.05) is 25.0 Å². The van der Waals surface area contributed by atoms with Crippen LogP contribution in [-0.4, -0.2) is 30.9 Å². The number of nitrogens with one attached hydrogen (secondary N) is 1. The van der Waals surface area contributed by atoms with Crippen molar-refractivity contribution in [1.82, 2.24) is 5.32 Å². The van der Waals surface area contributed by atoms with Gasteiger partial charge in [0.25, 0.3) is 0 Å². The lowest BCUT2D eigenvalue weighted by molar-refractivity contribution is -0.144. The predicted molar refractivity (Wildman–Crippen MR) is 103 cm³/mol. The second-order valence-electron chi connectivity index (χ2n) is 8.76. The van der Waals surface area contributed by atoms with Gasteiger partial charge in [0.2, 0.25) is 5.91 Å². The first-order chi connectivity index (χ1) is 12.0. The number of amides is 1. The number of halogens is 1. The van der Waals surface area contributed by atoms with Crippen molar-refractivity contribution >= 4 is 23.2 Å². The van der Waals surface area contributed by atoms with Crippen LogP contribution in [0, 0.1) is 17.3 Å². The summed E-state index contributed by atoms with van der Waals surface area (Å²) in [5.74, 6) is 1.62. The van der Waals surface area contributed by atoms with E-state index in [9.17, 15) is 4.79 Å². The summed E-state index contributed by atoms with van der Waals surface area (Å²) >= 11 is 6.85. The van der Waals surface area contributed by atoms with Crippen LogP contribution >= 0.6 is 11.6 Å². The standard InChI is InChI=1S/C21H29ClN2O/c1-24(18-6-3-2-4-7-18)9-5-8-23-19(25)20-11-16-10-17(12-20)14-21(22,13-16)15-20/h2-4,6-7,16-17H,5,8-15H2,1H3,(H,23,25)/t16-,17-,20?,21?/m1/s1.